The Labute approximate surface area is 184 Å². The van der Waals surface area contributed by atoms with Gasteiger partial charge in [0.15, 0.2) is 0 Å². The number of sulfonamides is 1. The van der Waals surface area contributed by atoms with E-state index in [1.54, 1.807) is 37.3 Å². The Hall–Kier alpha value is -2.67. The Bertz CT molecular complexity index is 1060. The molecule has 31 heavy (non-hydrogen) atoms. The van der Waals surface area contributed by atoms with Crippen molar-refractivity contribution in [1.29, 1.82) is 0 Å². The van der Waals surface area contributed by atoms with Gasteiger partial charge in [0.05, 0.1) is 12.2 Å². The standard InChI is InChI=1S/C24H30N2O4S/c1-23(2,3)20-12-10-18(11-13-20)16-21(27)26-15-14-24(26,4)22(28)25-31(29,30)17-19-8-6-5-7-9-19/h5-13H,14-17H2,1-4H3,(H,25,28). The van der Waals surface area contributed by atoms with E-state index in [9.17, 15) is 18.0 Å². The molecule has 0 aromatic heterocycles. The highest BCUT2D eigenvalue weighted by Gasteiger charge is 2.50. The molecule has 1 aliphatic rings. The lowest BCUT2D eigenvalue weighted by atomic mass is 9.84. The number of amides is 2. The minimum atomic E-state index is -3.86. The van der Waals surface area contributed by atoms with Crippen molar-refractivity contribution in [3.63, 3.8) is 0 Å². The second-order valence-corrected chi connectivity index (χ2v) is 11.1. The highest BCUT2D eigenvalue weighted by Crippen LogP contribution is 2.32. The van der Waals surface area contributed by atoms with Crippen molar-refractivity contribution in [3.05, 3.63) is 71.3 Å². The molecule has 1 saturated heterocycles. The first-order valence-corrected chi connectivity index (χ1v) is 12.0. The van der Waals surface area contributed by atoms with Gasteiger partial charge in [-0.25, -0.2) is 8.42 Å². The van der Waals surface area contributed by atoms with Crippen LogP contribution in [0.1, 0.15) is 50.8 Å². The van der Waals surface area contributed by atoms with E-state index in [4.69, 9.17) is 0 Å². The Morgan fingerprint density at radius 3 is 2.13 bits per heavy atom. The summed E-state index contributed by atoms with van der Waals surface area (Å²) < 4.78 is 27.0. The van der Waals surface area contributed by atoms with E-state index < -0.39 is 21.5 Å². The predicted octanol–water partition coefficient (Wildman–Crippen LogP) is 3.16. The van der Waals surface area contributed by atoms with E-state index in [-0.39, 0.29) is 23.5 Å². The normalized spacial score (nSPS) is 18.9. The molecule has 1 atom stereocenters. The molecular weight excluding hydrogens is 412 g/mol. The Morgan fingerprint density at radius 1 is 1.00 bits per heavy atom. The molecule has 7 heteroatoms. The van der Waals surface area contributed by atoms with Crippen LogP contribution in [0, 0.1) is 0 Å². The van der Waals surface area contributed by atoms with Crippen molar-refractivity contribution in [2.45, 2.75) is 57.2 Å². The van der Waals surface area contributed by atoms with Crippen molar-refractivity contribution in [3.8, 4) is 0 Å². The highest BCUT2D eigenvalue weighted by atomic mass is 32.2. The smallest absolute Gasteiger partial charge is 0.259 e. The maximum atomic E-state index is 12.8. The number of rotatable bonds is 6. The summed E-state index contributed by atoms with van der Waals surface area (Å²) in [5.41, 5.74) is 1.51. The molecule has 0 bridgehead atoms. The van der Waals surface area contributed by atoms with Gasteiger partial charge in [0.25, 0.3) is 5.91 Å². The number of hydrogen-bond acceptors (Lipinski definition) is 4. The first-order valence-electron chi connectivity index (χ1n) is 10.4. The third kappa shape index (κ3) is 5.34. The minimum absolute atomic E-state index is 0.0297. The van der Waals surface area contributed by atoms with Crippen LogP contribution >= 0.6 is 0 Å². The van der Waals surface area contributed by atoms with Gasteiger partial charge in [-0.2, -0.15) is 0 Å². The Morgan fingerprint density at radius 2 is 1.61 bits per heavy atom. The van der Waals surface area contributed by atoms with Gasteiger partial charge in [0.2, 0.25) is 15.9 Å². The monoisotopic (exact) mass is 442 g/mol. The summed E-state index contributed by atoms with van der Waals surface area (Å²) in [6, 6.07) is 16.6. The molecule has 0 saturated carbocycles. The summed E-state index contributed by atoms with van der Waals surface area (Å²) in [4.78, 5) is 27.1. The van der Waals surface area contributed by atoms with Gasteiger partial charge >= 0.3 is 0 Å². The largest absolute Gasteiger partial charge is 0.328 e. The summed E-state index contributed by atoms with van der Waals surface area (Å²) in [5, 5.41) is 0. The number of benzene rings is 2. The van der Waals surface area contributed by atoms with Crippen molar-refractivity contribution >= 4 is 21.8 Å². The van der Waals surface area contributed by atoms with Crippen LogP contribution in [0.4, 0.5) is 0 Å². The number of carbonyl (C=O) groups is 2. The van der Waals surface area contributed by atoms with Gasteiger partial charge in [0, 0.05) is 6.54 Å². The van der Waals surface area contributed by atoms with Crippen molar-refractivity contribution in [1.82, 2.24) is 9.62 Å². The molecule has 1 fully saturated rings. The van der Waals surface area contributed by atoms with Gasteiger partial charge in [0.1, 0.15) is 5.54 Å². The van der Waals surface area contributed by atoms with E-state index in [2.05, 4.69) is 25.5 Å². The fourth-order valence-electron chi connectivity index (χ4n) is 3.67. The number of likely N-dealkylation sites (tertiary alicyclic amines) is 1. The summed E-state index contributed by atoms with van der Waals surface area (Å²) >= 11 is 0. The lowest BCUT2D eigenvalue weighted by molar-refractivity contribution is -0.156. The summed E-state index contributed by atoms with van der Waals surface area (Å²) in [6.07, 6.45) is 0.596. The average molecular weight is 443 g/mol. The SMILES string of the molecule is CC(C)(C)c1ccc(CC(=O)N2CCC2(C)C(=O)NS(=O)(=O)Cc2ccccc2)cc1. The molecule has 1 unspecified atom stereocenters. The molecule has 0 aliphatic carbocycles. The van der Waals surface area contributed by atoms with Crippen LogP contribution in [0.15, 0.2) is 54.6 Å². The molecule has 6 nitrogen and oxygen atoms in total. The molecule has 166 valence electrons. The molecule has 0 spiro atoms. The zero-order valence-corrected chi connectivity index (χ0v) is 19.3. The van der Waals surface area contributed by atoms with Crippen LogP contribution in [0.5, 0.6) is 0 Å². The Kier molecular flexibility index (Phi) is 6.28. The maximum Gasteiger partial charge on any atom is 0.259 e. The maximum absolute atomic E-state index is 12.8. The lowest BCUT2D eigenvalue weighted by Gasteiger charge is -2.49. The van der Waals surface area contributed by atoms with Crippen LogP contribution in [-0.4, -0.2) is 37.2 Å². The summed E-state index contributed by atoms with van der Waals surface area (Å²) in [7, 11) is -3.86. The molecule has 2 aromatic carbocycles. The number of nitrogens with zero attached hydrogens (tertiary/aromatic N) is 1. The predicted molar refractivity (Wildman–Crippen MR) is 121 cm³/mol. The molecule has 3 rings (SSSR count). The molecule has 2 amide bonds. The van der Waals surface area contributed by atoms with Crippen LogP contribution in [0.3, 0.4) is 0 Å². The molecule has 0 radical (unpaired) electrons. The summed E-state index contributed by atoms with van der Waals surface area (Å²) in [5.74, 6) is -1.14. The van der Waals surface area contributed by atoms with Gasteiger partial charge in [-0.3, -0.25) is 14.3 Å². The average Bonchev–Trinajstić information content (AvgIpc) is 2.66. The first-order chi connectivity index (χ1) is 14.4. The molecule has 1 aliphatic heterocycles. The van der Waals surface area contributed by atoms with Crippen molar-refractivity contribution in [2.24, 2.45) is 0 Å². The second kappa shape index (κ2) is 8.46. The van der Waals surface area contributed by atoms with Gasteiger partial charge in [-0.1, -0.05) is 75.4 Å². The number of nitrogens with one attached hydrogen (secondary N) is 1. The van der Waals surface area contributed by atoms with Gasteiger partial charge < -0.3 is 4.90 Å². The fourth-order valence-corrected chi connectivity index (χ4v) is 4.87. The van der Waals surface area contributed by atoms with Gasteiger partial charge in [-0.05, 0) is 35.4 Å². The quantitative estimate of drug-likeness (QED) is 0.745. The number of hydrogen-bond donors (Lipinski definition) is 1. The van der Waals surface area contributed by atoms with E-state index in [1.807, 2.05) is 24.3 Å². The molecular formula is C24H30N2O4S. The first kappa shape index (κ1) is 23.0. The molecule has 1 N–H and O–H groups in total. The zero-order valence-electron chi connectivity index (χ0n) is 18.5. The minimum Gasteiger partial charge on any atom is -0.328 e. The third-order valence-corrected chi connectivity index (χ3v) is 7.04. The van der Waals surface area contributed by atoms with E-state index >= 15 is 0 Å². The van der Waals surface area contributed by atoms with Crippen molar-refractivity contribution < 1.29 is 18.0 Å². The Balaban J connectivity index is 1.64. The highest BCUT2D eigenvalue weighted by molar-refractivity contribution is 7.89. The third-order valence-electron chi connectivity index (χ3n) is 5.83. The van der Waals surface area contributed by atoms with E-state index in [0.29, 0.717) is 18.5 Å². The molecule has 2 aromatic rings. The zero-order chi connectivity index (χ0) is 22.9. The van der Waals surface area contributed by atoms with E-state index in [1.165, 1.54) is 10.5 Å². The molecule has 1 heterocycles. The van der Waals surface area contributed by atoms with E-state index in [0.717, 1.165) is 5.56 Å². The second-order valence-electron chi connectivity index (χ2n) is 9.37. The van der Waals surface area contributed by atoms with Gasteiger partial charge in [-0.15, -0.1) is 0 Å². The topological polar surface area (TPSA) is 83.6 Å². The summed E-state index contributed by atoms with van der Waals surface area (Å²) in [6.45, 7) is 8.43. The van der Waals surface area contributed by atoms with Crippen LogP contribution in [0.25, 0.3) is 0 Å². The number of carbonyl (C=O) groups excluding carboxylic acids is 2. The van der Waals surface area contributed by atoms with Crippen molar-refractivity contribution in [2.75, 3.05) is 6.54 Å². The van der Waals surface area contributed by atoms with Crippen LogP contribution in [0.2, 0.25) is 0 Å². The van der Waals surface area contributed by atoms with Crippen LogP contribution < -0.4 is 4.72 Å². The lowest BCUT2D eigenvalue weighted by Crippen LogP contribution is -2.68. The fraction of sp³-hybridized carbons (Fsp3) is 0.417. The van der Waals surface area contributed by atoms with Crippen LogP contribution in [-0.2, 0) is 37.2 Å².